The lowest BCUT2D eigenvalue weighted by Crippen LogP contribution is -2.15. The Hall–Kier alpha value is -2.05. The Kier molecular flexibility index (Phi) is 5.06. The summed E-state index contributed by atoms with van der Waals surface area (Å²) in [5.41, 5.74) is 3.02. The van der Waals surface area contributed by atoms with Crippen molar-refractivity contribution in [1.29, 1.82) is 0 Å². The predicted molar refractivity (Wildman–Crippen MR) is 102 cm³/mol. The van der Waals surface area contributed by atoms with Crippen LogP contribution in [0.3, 0.4) is 0 Å². The van der Waals surface area contributed by atoms with Crippen LogP contribution in [0, 0.1) is 6.92 Å². The predicted octanol–water partition coefficient (Wildman–Crippen LogP) is 5.23. The van der Waals surface area contributed by atoms with Gasteiger partial charge in [-0.25, -0.2) is 4.98 Å². The van der Waals surface area contributed by atoms with Crippen molar-refractivity contribution in [2.45, 2.75) is 6.92 Å². The van der Waals surface area contributed by atoms with Gasteiger partial charge < -0.3 is 5.32 Å². The summed E-state index contributed by atoms with van der Waals surface area (Å²) in [4.78, 5) is 21.1. The summed E-state index contributed by atoms with van der Waals surface area (Å²) < 4.78 is 1.85. The Labute approximate surface area is 156 Å². The number of carbonyl (C=O) groups is 1. The number of hydrogen-bond acceptors (Lipinski definition) is 3. The molecule has 0 aliphatic heterocycles. The molecule has 0 radical (unpaired) electrons. The number of nitrogens with zero attached hydrogens (tertiary/aromatic N) is 2. The minimum Gasteiger partial charge on any atom is -0.307 e. The van der Waals surface area contributed by atoms with Gasteiger partial charge in [0, 0.05) is 20.7 Å². The third-order valence-corrected chi connectivity index (χ3v) is 4.38. The summed E-state index contributed by atoms with van der Waals surface area (Å²) in [7, 11) is 0. The normalized spacial score (nSPS) is 10.5. The lowest BCUT2D eigenvalue weighted by molar-refractivity contribution is 0.102. The number of nitrogens with one attached hydrogen (secondary N) is 1. The zero-order chi connectivity index (χ0) is 17.1. The fraction of sp³-hybridized carbons (Fsp3) is 0.0556. The number of aryl methyl sites for hydroxylation is 1. The first kappa shape index (κ1) is 16.8. The SMILES string of the molecule is Cc1nc(-c2cccc(Br)c2)ccc1C(=O)Nc1ccc(Br)cn1. The van der Waals surface area contributed by atoms with E-state index in [4.69, 9.17) is 0 Å². The van der Waals surface area contributed by atoms with E-state index in [9.17, 15) is 4.79 Å². The molecule has 0 aliphatic rings. The van der Waals surface area contributed by atoms with Crippen molar-refractivity contribution < 1.29 is 4.79 Å². The second-order valence-electron chi connectivity index (χ2n) is 5.16. The molecule has 1 N–H and O–H groups in total. The van der Waals surface area contributed by atoms with Gasteiger partial charge in [-0.2, -0.15) is 0 Å². The Morgan fingerprint density at radius 1 is 1.04 bits per heavy atom. The van der Waals surface area contributed by atoms with Crippen LogP contribution >= 0.6 is 31.9 Å². The van der Waals surface area contributed by atoms with E-state index in [0.29, 0.717) is 17.1 Å². The van der Waals surface area contributed by atoms with Crippen LogP contribution in [-0.4, -0.2) is 15.9 Å². The summed E-state index contributed by atoms with van der Waals surface area (Å²) in [5.74, 6) is 0.272. The topological polar surface area (TPSA) is 54.9 Å². The molecule has 0 saturated carbocycles. The minimum atomic E-state index is -0.226. The average Bonchev–Trinajstić information content (AvgIpc) is 2.56. The van der Waals surface area contributed by atoms with Crippen molar-refractivity contribution in [3.63, 3.8) is 0 Å². The molecule has 0 spiro atoms. The molecule has 2 heterocycles. The van der Waals surface area contributed by atoms with E-state index in [1.807, 2.05) is 43.3 Å². The fourth-order valence-electron chi connectivity index (χ4n) is 2.24. The molecule has 0 bridgehead atoms. The van der Waals surface area contributed by atoms with Crippen molar-refractivity contribution in [2.75, 3.05) is 5.32 Å². The molecule has 0 fully saturated rings. The van der Waals surface area contributed by atoms with Gasteiger partial charge in [-0.15, -0.1) is 0 Å². The summed E-state index contributed by atoms with van der Waals surface area (Å²) in [5, 5.41) is 2.78. The number of aromatic nitrogens is 2. The quantitative estimate of drug-likeness (QED) is 0.599. The smallest absolute Gasteiger partial charge is 0.258 e. The van der Waals surface area contributed by atoms with Gasteiger partial charge in [-0.3, -0.25) is 9.78 Å². The lowest BCUT2D eigenvalue weighted by atomic mass is 10.1. The molecule has 4 nitrogen and oxygen atoms in total. The maximum atomic E-state index is 12.4. The molecule has 3 rings (SSSR count). The van der Waals surface area contributed by atoms with Crippen LogP contribution in [0.15, 0.2) is 63.7 Å². The van der Waals surface area contributed by atoms with Crippen molar-refractivity contribution in [2.24, 2.45) is 0 Å². The van der Waals surface area contributed by atoms with Gasteiger partial charge in [0.05, 0.1) is 17.0 Å². The minimum absolute atomic E-state index is 0.226. The molecule has 24 heavy (non-hydrogen) atoms. The highest BCUT2D eigenvalue weighted by molar-refractivity contribution is 9.10. The molecule has 6 heteroatoms. The van der Waals surface area contributed by atoms with Crippen LogP contribution in [0.1, 0.15) is 16.1 Å². The summed E-state index contributed by atoms with van der Waals surface area (Å²) in [6, 6.07) is 15.1. The summed E-state index contributed by atoms with van der Waals surface area (Å²) in [6.45, 7) is 1.82. The van der Waals surface area contributed by atoms with Crippen LogP contribution in [0.2, 0.25) is 0 Å². The van der Waals surface area contributed by atoms with Gasteiger partial charge in [0.15, 0.2) is 0 Å². The zero-order valence-electron chi connectivity index (χ0n) is 12.8. The molecule has 0 atom stereocenters. The van der Waals surface area contributed by atoms with E-state index in [0.717, 1.165) is 20.2 Å². The van der Waals surface area contributed by atoms with Gasteiger partial charge in [0.25, 0.3) is 5.91 Å². The van der Waals surface area contributed by atoms with Gasteiger partial charge in [-0.05, 0) is 59.3 Å². The van der Waals surface area contributed by atoms with E-state index in [2.05, 4.69) is 47.1 Å². The second-order valence-corrected chi connectivity index (χ2v) is 6.99. The van der Waals surface area contributed by atoms with E-state index in [-0.39, 0.29) is 5.91 Å². The standard InChI is InChI=1S/C18H13Br2N3O/c1-11-15(18(24)23-17-8-5-14(20)10-21-17)6-7-16(22-11)12-3-2-4-13(19)9-12/h2-10H,1H3,(H,21,23,24). The molecule has 0 saturated heterocycles. The molecular formula is C18H13Br2N3O. The maximum absolute atomic E-state index is 12.4. The molecule has 0 unspecified atom stereocenters. The average molecular weight is 447 g/mol. The Morgan fingerprint density at radius 2 is 1.88 bits per heavy atom. The van der Waals surface area contributed by atoms with E-state index < -0.39 is 0 Å². The van der Waals surface area contributed by atoms with Gasteiger partial charge >= 0.3 is 0 Å². The Bertz CT molecular complexity index is 895. The third kappa shape index (κ3) is 3.88. The first-order chi connectivity index (χ1) is 11.5. The second kappa shape index (κ2) is 7.23. The van der Waals surface area contributed by atoms with Gasteiger partial charge in [-0.1, -0.05) is 28.1 Å². The third-order valence-electron chi connectivity index (χ3n) is 3.42. The van der Waals surface area contributed by atoms with Crippen LogP contribution in [0.4, 0.5) is 5.82 Å². The molecule has 3 aromatic rings. The first-order valence-corrected chi connectivity index (χ1v) is 8.78. The zero-order valence-corrected chi connectivity index (χ0v) is 15.9. The van der Waals surface area contributed by atoms with Crippen LogP contribution in [-0.2, 0) is 0 Å². The highest BCUT2D eigenvalue weighted by Crippen LogP contribution is 2.23. The largest absolute Gasteiger partial charge is 0.307 e. The van der Waals surface area contributed by atoms with Crippen LogP contribution in [0.25, 0.3) is 11.3 Å². The molecule has 0 aliphatic carbocycles. The molecule has 1 amide bonds. The van der Waals surface area contributed by atoms with Gasteiger partial charge in [0.1, 0.15) is 5.82 Å². The van der Waals surface area contributed by atoms with Gasteiger partial charge in [0.2, 0.25) is 0 Å². The van der Waals surface area contributed by atoms with Crippen molar-refractivity contribution in [3.05, 3.63) is 74.9 Å². The lowest BCUT2D eigenvalue weighted by Gasteiger charge is -2.09. The van der Waals surface area contributed by atoms with E-state index in [1.165, 1.54) is 0 Å². The number of hydrogen-bond donors (Lipinski definition) is 1. The monoisotopic (exact) mass is 445 g/mol. The van der Waals surface area contributed by atoms with E-state index in [1.54, 1.807) is 18.3 Å². The number of benzene rings is 1. The number of anilines is 1. The highest BCUT2D eigenvalue weighted by Gasteiger charge is 2.12. The first-order valence-electron chi connectivity index (χ1n) is 7.19. The van der Waals surface area contributed by atoms with Crippen molar-refractivity contribution in [3.8, 4) is 11.3 Å². The molecule has 1 aromatic carbocycles. The van der Waals surface area contributed by atoms with Crippen LogP contribution in [0.5, 0.6) is 0 Å². The number of carbonyl (C=O) groups excluding carboxylic acids is 1. The summed E-state index contributed by atoms with van der Waals surface area (Å²) >= 11 is 6.77. The Morgan fingerprint density at radius 3 is 2.54 bits per heavy atom. The number of rotatable bonds is 3. The van der Waals surface area contributed by atoms with E-state index >= 15 is 0 Å². The highest BCUT2D eigenvalue weighted by atomic mass is 79.9. The number of amides is 1. The summed E-state index contributed by atoms with van der Waals surface area (Å²) in [6.07, 6.45) is 1.64. The van der Waals surface area contributed by atoms with Crippen molar-refractivity contribution >= 4 is 43.6 Å². The number of halogens is 2. The van der Waals surface area contributed by atoms with Crippen LogP contribution < -0.4 is 5.32 Å². The molecular weight excluding hydrogens is 434 g/mol. The molecule has 2 aromatic heterocycles. The fourth-order valence-corrected chi connectivity index (χ4v) is 2.88. The van der Waals surface area contributed by atoms with Crippen molar-refractivity contribution in [1.82, 2.24) is 9.97 Å². The molecule has 120 valence electrons. The Balaban J connectivity index is 1.84. The maximum Gasteiger partial charge on any atom is 0.258 e. The number of pyridine rings is 2.